The van der Waals surface area contributed by atoms with E-state index in [1.165, 1.54) is 11.1 Å². The van der Waals surface area contributed by atoms with Crippen molar-refractivity contribution in [2.24, 2.45) is 0 Å². The van der Waals surface area contributed by atoms with Gasteiger partial charge in [0.15, 0.2) is 0 Å². The predicted octanol–water partition coefficient (Wildman–Crippen LogP) is 5.94. The standard InChI is InChI=1S/C29H28O/c1-3-4-8-18-25-26-19-13-20-29(2,24-16-11-7-12-17-24)22-28(26)30-27(25)21-23-14-9-5-6-10-15-23/h3-5,7-20,22H,6,21H2,1-2H3/b4-3-,18-8-. The van der Waals surface area contributed by atoms with Gasteiger partial charge in [0.2, 0.25) is 0 Å². The van der Waals surface area contributed by atoms with E-state index in [9.17, 15) is 0 Å². The normalized spacial score (nSPS) is 20.5. The number of fused-ring (bicyclic) bond motifs is 1. The van der Waals surface area contributed by atoms with E-state index < -0.39 is 0 Å². The fraction of sp³-hybridized carbons (Fsp3) is 0.172. The van der Waals surface area contributed by atoms with E-state index in [1.54, 1.807) is 0 Å². The Morgan fingerprint density at radius 1 is 1.03 bits per heavy atom. The summed E-state index contributed by atoms with van der Waals surface area (Å²) < 4.78 is 6.51. The molecule has 0 radical (unpaired) electrons. The molecule has 30 heavy (non-hydrogen) atoms. The molecule has 150 valence electrons. The molecule has 0 amide bonds. The molecule has 0 aliphatic heterocycles. The number of allylic oxidation sites excluding steroid dienone is 11. The molecule has 4 rings (SSSR count). The fourth-order valence-corrected chi connectivity index (χ4v) is 3.95. The first kappa shape index (κ1) is 20.0. The van der Waals surface area contributed by atoms with Gasteiger partial charge in [-0.1, -0.05) is 103 Å². The van der Waals surface area contributed by atoms with Gasteiger partial charge in [0.1, 0.15) is 11.2 Å². The summed E-state index contributed by atoms with van der Waals surface area (Å²) in [5.74, 6) is 1.00. The summed E-state index contributed by atoms with van der Waals surface area (Å²) in [4.78, 5) is 0. The Morgan fingerprint density at radius 3 is 2.73 bits per heavy atom. The van der Waals surface area contributed by atoms with Gasteiger partial charge >= 0.3 is 0 Å². The van der Waals surface area contributed by atoms with Crippen molar-refractivity contribution >= 4 is 18.2 Å². The molecule has 1 aromatic carbocycles. The van der Waals surface area contributed by atoms with Crippen LogP contribution in [0.1, 0.15) is 37.2 Å². The average Bonchev–Trinajstić information content (AvgIpc) is 2.94. The molecule has 1 heterocycles. The first-order chi connectivity index (χ1) is 14.7. The Bertz CT molecular complexity index is 1190. The molecule has 1 nitrogen and oxygen atoms in total. The van der Waals surface area contributed by atoms with E-state index in [2.05, 4.69) is 110 Å². The van der Waals surface area contributed by atoms with Crippen LogP contribution < -0.4 is 10.6 Å². The third-order valence-electron chi connectivity index (χ3n) is 5.60. The Kier molecular flexibility index (Phi) is 5.99. The Hall–Kier alpha value is -3.32. The van der Waals surface area contributed by atoms with Crippen LogP contribution in [0.25, 0.3) is 18.2 Å². The molecule has 2 aliphatic carbocycles. The van der Waals surface area contributed by atoms with Crippen LogP contribution in [0.15, 0.2) is 101 Å². The van der Waals surface area contributed by atoms with Gasteiger partial charge in [-0.2, -0.15) is 0 Å². The van der Waals surface area contributed by atoms with Crippen molar-refractivity contribution in [1.29, 1.82) is 0 Å². The Balaban J connectivity index is 1.85. The molecule has 1 aromatic heterocycles. The molecule has 0 saturated carbocycles. The third-order valence-corrected chi connectivity index (χ3v) is 5.60. The van der Waals surface area contributed by atoms with Gasteiger partial charge in [-0.3, -0.25) is 0 Å². The van der Waals surface area contributed by atoms with Crippen molar-refractivity contribution < 1.29 is 4.42 Å². The second-order valence-electron chi connectivity index (χ2n) is 7.91. The maximum atomic E-state index is 6.51. The highest BCUT2D eigenvalue weighted by atomic mass is 16.3. The van der Waals surface area contributed by atoms with Crippen LogP contribution in [-0.4, -0.2) is 0 Å². The first-order valence-electron chi connectivity index (χ1n) is 10.6. The number of hydrogen-bond acceptors (Lipinski definition) is 1. The molecule has 2 aromatic rings. The Labute approximate surface area is 179 Å². The zero-order valence-corrected chi connectivity index (χ0v) is 17.7. The van der Waals surface area contributed by atoms with Crippen LogP contribution in [0.2, 0.25) is 0 Å². The third kappa shape index (κ3) is 4.31. The monoisotopic (exact) mass is 392 g/mol. The van der Waals surface area contributed by atoms with Gasteiger partial charge in [-0.25, -0.2) is 0 Å². The minimum absolute atomic E-state index is 0.216. The number of hydrogen-bond donors (Lipinski definition) is 0. The molecule has 2 aliphatic rings. The lowest BCUT2D eigenvalue weighted by atomic mass is 9.82. The number of rotatable bonds is 5. The van der Waals surface area contributed by atoms with Gasteiger partial charge in [-0.15, -0.1) is 0 Å². The van der Waals surface area contributed by atoms with Crippen LogP contribution >= 0.6 is 0 Å². The maximum Gasteiger partial charge on any atom is 0.132 e. The van der Waals surface area contributed by atoms with Crippen molar-refractivity contribution in [2.75, 3.05) is 0 Å². The SMILES string of the molecule is C/C=C\C=C/c1c(CC2=CC=CCC=C2)oc2c1=CC=CC(C)(c1ccccc1)C=2. The van der Waals surface area contributed by atoms with Crippen molar-refractivity contribution in [2.45, 2.75) is 32.1 Å². The lowest BCUT2D eigenvalue weighted by Gasteiger charge is -2.21. The van der Waals surface area contributed by atoms with E-state index in [0.29, 0.717) is 0 Å². The molecular weight excluding hydrogens is 364 g/mol. The smallest absolute Gasteiger partial charge is 0.132 e. The molecule has 0 saturated heterocycles. The fourth-order valence-electron chi connectivity index (χ4n) is 3.95. The molecule has 0 spiro atoms. The first-order valence-corrected chi connectivity index (χ1v) is 10.6. The summed E-state index contributed by atoms with van der Waals surface area (Å²) in [5, 5.41) is 1.15. The minimum atomic E-state index is -0.216. The van der Waals surface area contributed by atoms with E-state index in [4.69, 9.17) is 4.42 Å². The lowest BCUT2D eigenvalue weighted by molar-refractivity contribution is 0.485. The van der Waals surface area contributed by atoms with E-state index in [1.807, 2.05) is 13.0 Å². The number of furan rings is 1. The quantitative estimate of drug-likeness (QED) is 0.574. The predicted molar refractivity (Wildman–Crippen MR) is 128 cm³/mol. The van der Waals surface area contributed by atoms with Crippen molar-refractivity contribution in [3.8, 4) is 0 Å². The van der Waals surface area contributed by atoms with Crippen LogP contribution in [0.5, 0.6) is 0 Å². The minimum Gasteiger partial charge on any atom is -0.460 e. The molecule has 0 fully saturated rings. The van der Waals surface area contributed by atoms with Crippen LogP contribution in [0, 0.1) is 0 Å². The zero-order valence-electron chi connectivity index (χ0n) is 17.7. The van der Waals surface area contributed by atoms with Crippen LogP contribution in [-0.2, 0) is 11.8 Å². The summed E-state index contributed by atoms with van der Waals surface area (Å²) in [6.07, 6.45) is 29.8. The largest absolute Gasteiger partial charge is 0.460 e. The van der Waals surface area contributed by atoms with Crippen molar-refractivity contribution in [3.63, 3.8) is 0 Å². The summed E-state index contributed by atoms with van der Waals surface area (Å²) in [6.45, 7) is 4.27. The van der Waals surface area contributed by atoms with Gasteiger partial charge in [0, 0.05) is 22.6 Å². The molecule has 1 atom stereocenters. The molecule has 1 unspecified atom stereocenters. The van der Waals surface area contributed by atoms with E-state index >= 15 is 0 Å². The highest BCUT2D eigenvalue weighted by molar-refractivity contribution is 5.63. The lowest BCUT2D eigenvalue weighted by Crippen LogP contribution is -2.26. The zero-order chi connectivity index (χ0) is 20.8. The number of benzene rings is 1. The maximum absolute atomic E-state index is 6.51. The topological polar surface area (TPSA) is 13.1 Å². The Morgan fingerprint density at radius 2 is 1.90 bits per heavy atom. The molecule has 1 heteroatoms. The summed E-state index contributed by atoms with van der Waals surface area (Å²) >= 11 is 0. The summed E-state index contributed by atoms with van der Waals surface area (Å²) in [5.41, 5.74) is 4.40. The summed E-state index contributed by atoms with van der Waals surface area (Å²) in [6, 6.07) is 10.6. The van der Waals surface area contributed by atoms with Gasteiger partial charge < -0.3 is 4.42 Å². The van der Waals surface area contributed by atoms with E-state index in [0.717, 1.165) is 34.8 Å². The second kappa shape index (κ2) is 9.00. The van der Waals surface area contributed by atoms with Gasteiger partial charge in [0.05, 0.1) is 0 Å². The van der Waals surface area contributed by atoms with Crippen LogP contribution in [0.4, 0.5) is 0 Å². The van der Waals surface area contributed by atoms with Crippen LogP contribution in [0.3, 0.4) is 0 Å². The van der Waals surface area contributed by atoms with Gasteiger partial charge in [0.25, 0.3) is 0 Å². The highest BCUT2D eigenvalue weighted by Gasteiger charge is 2.23. The molecular formula is C29H28O. The van der Waals surface area contributed by atoms with E-state index in [-0.39, 0.29) is 5.41 Å². The summed E-state index contributed by atoms with van der Waals surface area (Å²) in [7, 11) is 0. The molecule has 0 bridgehead atoms. The van der Waals surface area contributed by atoms with Gasteiger partial charge in [-0.05, 0) is 37.5 Å². The molecule has 0 N–H and O–H groups in total. The second-order valence-corrected chi connectivity index (χ2v) is 7.91. The van der Waals surface area contributed by atoms with Crippen molar-refractivity contribution in [3.05, 3.63) is 124 Å². The van der Waals surface area contributed by atoms with Crippen molar-refractivity contribution in [1.82, 2.24) is 0 Å². The highest BCUT2D eigenvalue weighted by Crippen LogP contribution is 2.28. The average molecular weight is 393 g/mol.